The molecule has 0 bridgehead atoms. The first-order valence-corrected chi connectivity index (χ1v) is 5.69. The molecule has 2 rings (SSSR count). The molecule has 0 spiro atoms. The molecule has 0 saturated heterocycles. The van der Waals surface area contributed by atoms with Crippen molar-refractivity contribution in [1.29, 1.82) is 0 Å². The van der Waals surface area contributed by atoms with Gasteiger partial charge in [0.25, 0.3) is 5.69 Å². The number of nitro groups is 1. The molecular formula is C13H8F4N2O2. The highest BCUT2D eigenvalue weighted by Gasteiger charge is 2.16. The largest absolute Gasteiger partial charge is 0.375 e. The van der Waals surface area contributed by atoms with Crippen LogP contribution in [0.15, 0.2) is 30.3 Å². The minimum absolute atomic E-state index is 0.0643. The Balaban J connectivity index is 2.25. The predicted molar refractivity (Wildman–Crippen MR) is 66.7 cm³/mol. The van der Waals surface area contributed by atoms with Gasteiger partial charge in [-0.3, -0.25) is 10.1 Å². The van der Waals surface area contributed by atoms with Crippen molar-refractivity contribution >= 4 is 11.4 Å². The van der Waals surface area contributed by atoms with Gasteiger partial charge in [0, 0.05) is 18.2 Å². The maximum Gasteiger partial charge on any atom is 0.295 e. The molecule has 0 aliphatic heterocycles. The zero-order chi connectivity index (χ0) is 15.6. The lowest BCUT2D eigenvalue weighted by atomic mass is 10.2. The minimum atomic E-state index is -1.33. The molecule has 2 aromatic rings. The number of benzene rings is 2. The number of anilines is 1. The summed E-state index contributed by atoms with van der Waals surface area (Å²) in [6.07, 6.45) is 0. The summed E-state index contributed by atoms with van der Waals surface area (Å²) in [7, 11) is 0. The van der Waals surface area contributed by atoms with E-state index in [4.69, 9.17) is 0 Å². The fraction of sp³-hybridized carbons (Fsp3) is 0.0769. The van der Waals surface area contributed by atoms with Crippen molar-refractivity contribution in [3.05, 3.63) is 69.3 Å². The van der Waals surface area contributed by atoms with Gasteiger partial charge >= 0.3 is 0 Å². The summed E-state index contributed by atoms with van der Waals surface area (Å²) in [5, 5.41) is 13.3. The SMILES string of the molecule is O=[N+]([O-])c1cc(F)ccc1NCc1cc(F)c(F)cc1F. The van der Waals surface area contributed by atoms with Crippen LogP contribution in [0.3, 0.4) is 0 Å². The highest BCUT2D eigenvalue weighted by molar-refractivity contribution is 5.61. The highest BCUT2D eigenvalue weighted by Crippen LogP contribution is 2.26. The van der Waals surface area contributed by atoms with Crippen LogP contribution in [0.1, 0.15) is 5.56 Å². The molecule has 0 radical (unpaired) electrons. The number of nitrogens with one attached hydrogen (secondary N) is 1. The van der Waals surface area contributed by atoms with Crippen LogP contribution in [-0.4, -0.2) is 4.92 Å². The van der Waals surface area contributed by atoms with Gasteiger partial charge in [-0.15, -0.1) is 0 Å². The van der Waals surface area contributed by atoms with Gasteiger partial charge in [0.2, 0.25) is 0 Å². The number of nitrogens with zero attached hydrogens (tertiary/aromatic N) is 1. The normalized spacial score (nSPS) is 10.5. The number of rotatable bonds is 4. The molecule has 110 valence electrons. The van der Waals surface area contributed by atoms with E-state index < -0.39 is 33.9 Å². The lowest BCUT2D eigenvalue weighted by Gasteiger charge is -2.08. The van der Waals surface area contributed by atoms with Crippen molar-refractivity contribution in [3.63, 3.8) is 0 Å². The average molecular weight is 300 g/mol. The first-order valence-electron chi connectivity index (χ1n) is 5.69. The van der Waals surface area contributed by atoms with Crippen LogP contribution >= 0.6 is 0 Å². The van der Waals surface area contributed by atoms with Gasteiger partial charge in [0.15, 0.2) is 11.6 Å². The van der Waals surface area contributed by atoms with Crippen molar-refractivity contribution in [3.8, 4) is 0 Å². The molecule has 0 atom stereocenters. The standard InChI is InChI=1S/C13H8F4N2O2/c14-8-1-2-12(13(4-8)19(20)21)18-6-7-3-10(16)11(17)5-9(7)15/h1-5,18H,6H2. The third-order valence-electron chi connectivity index (χ3n) is 2.72. The highest BCUT2D eigenvalue weighted by atomic mass is 19.2. The molecule has 0 aromatic heterocycles. The first-order chi connectivity index (χ1) is 9.88. The number of halogens is 4. The molecule has 1 N–H and O–H groups in total. The molecule has 0 aliphatic carbocycles. The second-order valence-corrected chi connectivity index (χ2v) is 4.13. The Morgan fingerprint density at radius 2 is 1.67 bits per heavy atom. The van der Waals surface area contributed by atoms with E-state index in [9.17, 15) is 27.7 Å². The van der Waals surface area contributed by atoms with Crippen molar-refractivity contribution in [1.82, 2.24) is 0 Å². The Morgan fingerprint density at radius 3 is 2.33 bits per heavy atom. The topological polar surface area (TPSA) is 55.2 Å². The predicted octanol–water partition coefficient (Wildman–Crippen LogP) is 3.76. The van der Waals surface area contributed by atoms with Crippen molar-refractivity contribution in [2.45, 2.75) is 6.54 Å². The summed E-state index contributed by atoms with van der Waals surface area (Å²) in [5.41, 5.74) is -0.823. The van der Waals surface area contributed by atoms with E-state index in [2.05, 4.69) is 5.32 Å². The summed E-state index contributed by atoms with van der Waals surface area (Å²) in [5.74, 6) is -4.36. The van der Waals surface area contributed by atoms with Gasteiger partial charge in [-0.2, -0.15) is 0 Å². The van der Waals surface area contributed by atoms with Crippen LogP contribution in [0, 0.1) is 33.4 Å². The van der Waals surface area contributed by atoms with Crippen LogP contribution in [0.2, 0.25) is 0 Å². The fourth-order valence-electron chi connectivity index (χ4n) is 1.70. The third kappa shape index (κ3) is 3.28. The lowest BCUT2D eigenvalue weighted by Crippen LogP contribution is -2.06. The van der Waals surface area contributed by atoms with Crippen molar-refractivity contribution in [2.75, 3.05) is 5.32 Å². The summed E-state index contributed by atoms with van der Waals surface area (Å²) in [6, 6.07) is 3.81. The van der Waals surface area contributed by atoms with Crippen LogP contribution in [0.4, 0.5) is 28.9 Å². The molecule has 2 aromatic carbocycles. The summed E-state index contributed by atoms with van der Waals surface area (Å²) >= 11 is 0. The van der Waals surface area contributed by atoms with Crippen molar-refractivity contribution < 1.29 is 22.5 Å². The molecule has 0 amide bonds. The Hall–Kier alpha value is -2.64. The number of hydrogen-bond acceptors (Lipinski definition) is 3. The smallest absolute Gasteiger partial charge is 0.295 e. The Morgan fingerprint density at radius 1 is 1.00 bits per heavy atom. The molecular weight excluding hydrogens is 292 g/mol. The van der Waals surface area contributed by atoms with Gasteiger partial charge in [0.1, 0.15) is 17.3 Å². The maximum absolute atomic E-state index is 13.4. The van der Waals surface area contributed by atoms with Gasteiger partial charge in [-0.25, -0.2) is 17.6 Å². The zero-order valence-corrected chi connectivity index (χ0v) is 10.4. The Kier molecular flexibility index (Phi) is 4.06. The summed E-state index contributed by atoms with van der Waals surface area (Å²) in [6.45, 7) is -0.324. The number of hydrogen-bond donors (Lipinski definition) is 1. The van der Waals surface area contributed by atoms with Crippen molar-refractivity contribution in [2.24, 2.45) is 0 Å². The average Bonchev–Trinajstić information content (AvgIpc) is 2.42. The lowest BCUT2D eigenvalue weighted by molar-refractivity contribution is -0.384. The molecule has 0 heterocycles. The van der Waals surface area contributed by atoms with E-state index in [-0.39, 0.29) is 17.8 Å². The maximum atomic E-state index is 13.4. The third-order valence-corrected chi connectivity index (χ3v) is 2.72. The van der Waals surface area contributed by atoms with Crippen LogP contribution in [0.25, 0.3) is 0 Å². The van der Waals surface area contributed by atoms with Gasteiger partial charge < -0.3 is 5.32 Å². The van der Waals surface area contributed by atoms with E-state index in [0.29, 0.717) is 18.2 Å². The fourth-order valence-corrected chi connectivity index (χ4v) is 1.70. The van der Waals surface area contributed by atoms with Crippen LogP contribution in [-0.2, 0) is 6.54 Å². The van der Waals surface area contributed by atoms with Crippen LogP contribution < -0.4 is 5.32 Å². The second-order valence-electron chi connectivity index (χ2n) is 4.13. The molecule has 4 nitrogen and oxygen atoms in total. The summed E-state index contributed by atoms with van der Waals surface area (Å²) < 4.78 is 52.2. The first kappa shape index (κ1) is 14.8. The Labute approximate surface area is 116 Å². The molecule has 0 saturated carbocycles. The molecule has 0 fully saturated rings. The quantitative estimate of drug-likeness (QED) is 0.405. The molecule has 0 aliphatic rings. The Bertz CT molecular complexity index is 707. The minimum Gasteiger partial charge on any atom is -0.375 e. The zero-order valence-electron chi connectivity index (χ0n) is 10.4. The van der Waals surface area contributed by atoms with E-state index in [1.165, 1.54) is 0 Å². The van der Waals surface area contributed by atoms with Gasteiger partial charge in [0.05, 0.1) is 11.0 Å². The molecule has 21 heavy (non-hydrogen) atoms. The molecule has 0 unspecified atom stereocenters. The van der Waals surface area contributed by atoms with Gasteiger partial charge in [-0.1, -0.05) is 0 Å². The van der Waals surface area contributed by atoms with E-state index in [1.54, 1.807) is 0 Å². The number of nitro benzene ring substituents is 1. The monoisotopic (exact) mass is 300 g/mol. The van der Waals surface area contributed by atoms with Gasteiger partial charge in [-0.05, 0) is 18.2 Å². The molecule has 8 heteroatoms. The summed E-state index contributed by atoms with van der Waals surface area (Å²) in [4.78, 5) is 9.95. The van der Waals surface area contributed by atoms with E-state index in [1.807, 2.05) is 0 Å². The van der Waals surface area contributed by atoms with Crippen LogP contribution in [0.5, 0.6) is 0 Å². The van der Waals surface area contributed by atoms with E-state index in [0.717, 1.165) is 12.1 Å². The second kappa shape index (κ2) is 5.78. The van der Waals surface area contributed by atoms with E-state index >= 15 is 0 Å².